The Bertz CT molecular complexity index is 731. The maximum atomic E-state index is 12.0. The van der Waals surface area contributed by atoms with E-state index in [1.165, 1.54) is 23.2 Å². The van der Waals surface area contributed by atoms with Crippen LogP contribution in [0.15, 0.2) is 40.9 Å². The zero-order chi connectivity index (χ0) is 18.2. The van der Waals surface area contributed by atoms with Gasteiger partial charge in [-0.15, -0.1) is 0 Å². The van der Waals surface area contributed by atoms with E-state index in [2.05, 4.69) is 5.32 Å². The van der Waals surface area contributed by atoms with Gasteiger partial charge in [0.15, 0.2) is 0 Å². The molecule has 0 saturated carbocycles. The molecule has 0 saturated heterocycles. The van der Waals surface area contributed by atoms with Gasteiger partial charge in [-0.3, -0.25) is 9.35 Å². The maximum Gasteiger partial charge on any atom is 0.294 e. The fraction of sp³-hybridized carbons (Fsp3) is 0.286. The van der Waals surface area contributed by atoms with Gasteiger partial charge in [-0.2, -0.15) is 13.7 Å². The van der Waals surface area contributed by atoms with Crippen LogP contribution >= 0.6 is 0 Å². The number of carbonyl (C=O) groups excluding carboxylic acids is 1. The number of carbonyl (C=O) groups is 1. The number of nitrogens with zero attached hydrogens (tertiary/aromatic N) is 2. The molecular formula is C14H17N3O6S. The number of aliphatic hydroxyl groups excluding tert-OH is 2. The standard InChI is InChI=1S/C14H17N3O6S/c15-9-11(10-17(5-7-18)6-8-19)14(20)16-12-1-3-13(4-2-12)24(21,22)23/h1-4,10,18-19H,5-8H2,(H,16,20)(H,21,22,23)/b11-10-. The van der Waals surface area contributed by atoms with Crippen LogP contribution in [-0.2, 0) is 14.9 Å². The zero-order valence-electron chi connectivity index (χ0n) is 12.6. The number of nitriles is 1. The monoisotopic (exact) mass is 355 g/mol. The van der Waals surface area contributed by atoms with Crippen LogP contribution in [0.5, 0.6) is 0 Å². The molecule has 0 aliphatic heterocycles. The van der Waals surface area contributed by atoms with Crippen LogP contribution in [0.2, 0.25) is 0 Å². The molecule has 0 unspecified atom stereocenters. The Labute approximate surface area is 139 Å². The second-order valence-corrected chi connectivity index (χ2v) is 6.01. The quantitative estimate of drug-likeness (QED) is 0.278. The topological polar surface area (TPSA) is 151 Å². The fourth-order valence-corrected chi connectivity index (χ4v) is 2.21. The highest BCUT2D eigenvalue weighted by Crippen LogP contribution is 2.14. The Morgan fingerprint density at radius 3 is 2.17 bits per heavy atom. The highest BCUT2D eigenvalue weighted by atomic mass is 32.2. The van der Waals surface area contributed by atoms with Crippen molar-refractivity contribution in [1.29, 1.82) is 5.26 Å². The smallest absolute Gasteiger partial charge is 0.294 e. The molecule has 1 aromatic carbocycles. The summed E-state index contributed by atoms with van der Waals surface area (Å²) < 4.78 is 30.7. The van der Waals surface area contributed by atoms with Crippen LogP contribution in [0.25, 0.3) is 0 Å². The third-order valence-corrected chi connectivity index (χ3v) is 3.73. The number of amides is 1. The van der Waals surface area contributed by atoms with E-state index in [4.69, 9.17) is 20.0 Å². The summed E-state index contributed by atoms with van der Waals surface area (Å²) >= 11 is 0. The van der Waals surface area contributed by atoms with Crippen molar-refractivity contribution in [2.75, 3.05) is 31.6 Å². The Balaban J connectivity index is 2.89. The molecule has 4 N–H and O–H groups in total. The van der Waals surface area contributed by atoms with E-state index in [1.54, 1.807) is 6.07 Å². The van der Waals surface area contributed by atoms with E-state index >= 15 is 0 Å². The molecule has 1 amide bonds. The van der Waals surface area contributed by atoms with Crippen LogP contribution < -0.4 is 5.32 Å². The predicted molar refractivity (Wildman–Crippen MR) is 84.3 cm³/mol. The summed E-state index contributed by atoms with van der Waals surface area (Å²) in [7, 11) is -4.33. The summed E-state index contributed by atoms with van der Waals surface area (Å²) in [6.45, 7) is -0.147. The molecule has 1 rings (SSSR count). The first-order valence-corrected chi connectivity index (χ1v) is 8.22. The van der Waals surface area contributed by atoms with Crippen LogP contribution in [0, 0.1) is 11.3 Å². The van der Waals surface area contributed by atoms with Gasteiger partial charge in [0, 0.05) is 25.0 Å². The van der Waals surface area contributed by atoms with Crippen molar-refractivity contribution >= 4 is 21.7 Å². The third-order valence-electron chi connectivity index (χ3n) is 2.86. The summed E-state index contributed by atoms with van der Waals surface area (Å²) in [5.41, 5.74) is -0.0276. The first-order chi connectivity index (χ1) is 11.3. The van der Waals surface area contributed by atoms with E-state index in [9.17, 15) is 13.2 Å². The lowest BCUT2D eigenvalue weighted by Gasteiger charge is -2.18. The van der Waals surface area contributed by atoms with Gasteiger partial charge in [0.2, 0.25) is 0 Å². The van der Waals surface area contributed by atoms with E-state index in [1.807, 2.05) is 0 Å². The number of nitrogens with one attached hydrogen (secondary N) is 1. The summed E-state index contributed by atoms with van der Waals surface area (Å²) in [5, 5.41) is 29.3. The van der Waals surface area contributed by atoms with E-state index < -0.39 is 16.0 Å². The minimum atomic E-state index is -4.33. The molecule has 0 heterocycles. The molecule has 0 aromatic heterocycles. The molecule has 0 fully saturated rings. The number of aliphatic hydroxyl groups is 2. The lowest BCUT2D eigenvalue weighted by atomic mass is 10.2. The van der Waals surface area contributed by atoms with Crippen molar-refractivity contribution in [2.24, 2.45) is 0 Å². The molecule has 0 atom stereocenters. The molecule has 10 heteroatoms. The minimum absolute atomic E-state index is 0.141. The molecule has 0 spiro atoms. The van der Waals surface area contributed by atoms with Crippen LogP contribution in [0.4, 0.5) is 5.69 Å². The second kappa shape index (κ2) is 8.99. The van der Waals surface area contributed by atoms with Gasteiger partial charge in [0.1, 0.15) is 11.6 Å². The number of hydrogen-bond donors (Lipinski definition) is 4. The Kier molecular flexibility index (Phi) is 7.34. The molecule has 130 valence electrons. The molecule has 0 bridgehead atoms. The van der Waals surface area contributed by atoms with Gasteiger partial charge in [0.25, 0.3) is 16.0 Å². The summed E-state index contributed by atoms with van der Waals surface area (Å²) in [4.78, 5) is 13.1. The van der Waals surface area contributed by atoms with E-state index in [0.717, 1.165) is 12.1 Å². The van der Waals surface area contributed by atoms with Crippen molar-refractivity contribution in [2.45, 2.75) is 4.90 Å². The number of benzene rings is 1. The average molecular weight is 355 g/mol. The summed E-state index contributed by atoms with van der Waals surface area (Å²) in [5.74, 6) is -0.738. The van der Waals surface area contributed by atoms with Crippen LogP contribution in [0.1, 0.15) is 0 Å². The zero-order valence-corrected chi connectivity index (χ0v) is 13.4. The molecule has 0 radical (unpaired) electrons. The van der Waals surface area contributed by atoms with E-state index in [-0.39, 0.29) is 42.5 Å². The van der Waals surface area contributed by atoms with Gasteiger partial charge in [-0.1, -0.05) is 0 Å². The SMILES string of the molecule is N#C/C(=C/N(CCO)CCO)C(=O)Nc1ccc(S(=O)(=O)O)cc1. The van der Waals surface area contributed by atoms with Gasteiger partial charge in [0.05, 0.1) is 18.1 Å². The molecule has 0 aliphatic carbocycles. The predicted octanol–water partition coefficient (Wildman–Crippen LogP) is -0.434. The lowest BCUT2D eigenvalue weighted by molar-refractivity contribution is -0.112. The van der Waals surface area contributed by atoms with Crippen molar-refractivity contribution in [3.63, 3.8) is 0 Å². The normalized spacial score (nSPS) is 11.7. The number of rotatable bonds is 8. The van der Waals surface area contributed by atoms with Crippen molar-refractivity contribution in [3.05, 3.63) is 36.0 Å². The Morgan fingerprint density at radius 1 is 1.21 bits per heavy atom. The lowest BCUT2D eigenvalue weighted by Crippen LogP contribution is -2.26. The highest BCUT2D eigenvalue weighted by Gasteiger charge is 2.13. The fourth-order valence-electron chi connectivity index (χ4n) is 1.73. The number of hydrogen-bond acceptors (Lipinski definition) is 7. The Morgan fingerprint density at radius 2 is 1.75 bits per heavy atom. The molecule has 0 aliphatic rings. The highest BCUT2D eigenvalue weighted by molar-refractivity contribution is 7.85. The van der Waals surface area contributed by atoms with Gasteiger partial charge in [-0.25, -0.2) is 0 Å². The van der Waals surface area contributed by atoms with Gasteiger partial charge in [-0.05, 0) is 24.3 Å². The first-order valence-electron chi connectivity index (χ1n) is 6.78. The summed E-state index contributed by atoms with van der Waals surface area (Å²) in [6.07, 6.45) is 1.22. The molecule has 24 heavy (non-hydrogen) atoms. The minimum Gasteiger partial charge on any atom is -0.395 e. The van der Waals surface area contributed by atoms with Crippen LogP contribution in [0.3, 0.4) is 0 Å². The second-order valence-electron chi connectivity index (χ2n) is 4.59. The van der Waals surface area contributed by atoms with Gasteiger partial charge < -0.3 is 20.4 Å². The summed E-state index contributed by atoms with van der Waals surface area (Å²) in [6, 6.07) is 6.43. The van der Waals surface area contributed by atoms with E-state index in [0.29, 0.717) is 0 Å². The van der Waals surface area contributed by atoms with Gasteiger partial charge >= 0.3 is 0 Å². The van der Waals surface area contributed by atoms with Crippen molar-refractivity contribution in [1.82, 2.24) is 4.90 Å². The van der Waals surface area contributed by atoms with Crippen molar-refractivity contribution in [3.8, 4) is 6.07 Å². The Hall–Kier alpha value is -2.45. The average Bonchev–Trinajstić information content (AvgIpc) is 2.52. The molecule has 9 nitrogen and oxygen atoms in total. The maximum absolute atomic E-state index is 12.0. The first kappa shape index (κ1) is 19.6. The molecule has 1 aromatic rings. The van der Waals surface area contributed by atoms with Crippen molar-refractivity contribution < 1.29 is 28.0 Å². The largest absolute Gasteiger partial charge is 0.395 e. The third kappa shape index (κ3) is 5.98. The number of anilines is 1. The van der Waals surface area contributed by atoms with Crippen LogP contribution in [-0.4, -0.2) is 60.3 Å². The molecular weight excluding hydrogens is 338 g/mol.